The topological polar surface area (TPSA) is 61.1 Å². The van der Waals surface area contributed by atoms with Crippen LogP contribution >= 0.6 is 33.3 Å². The highest BCUT2D eigenvalue weighted by atomic mass is 33.1. The fraction of sp³-hybridized carbons (Fsp3) is 0.778. The van der Waals surface area contributed by atoms with Crippen LogP contribution < -0.4 is 0 Å². The van der Waals surface area contributed by atoms with Gasteiger partial charge in [0.2, 0.25) is 0 Å². The molecule has 0 aliphatic heterocycles. The lowest BCUT2D eigenvalue weighted by Gasteiger charge is -2.19. The number of nitrogens with zero attached hydrogens (tertiary/aromatic N) is 1. The molecule has 0 aromatic rings. The van der Waals surface area contributed by atoms with Crippen LogP contribution in [0.2, 0.25) is 0 Å². The van der Waals surface area contributed by atoms with E-state index in [-0.39, 0.29) is 6.42 Å². The number of carbonyl (C=O) groups is 1. The summed E-state index contributed by atoms with van der Waals surface area (Å²) < 4.78 is -0.570. The molecule has 0 aromatic heterocycles. The van der Waals surface area contributed by atoms with Gasteiger partial charge in [-0.15, -0.1) is 11.8 Å². The summed E-state index contributed by atoms with van der Waals surface area (Å²) in [6.07, 6.45) is 0.462. The first-order valence-electron chi connectivity index (χ1n) is 4.55. The number of carboxylic acids is 1. The Morgan fingerprint density at radius 2 is 2.20 bits per heavy atom. The van der Waals surface area contributed by atoms with E-state index < -0.39 is 10.7 Å². The van der Waals surface area contributed by atoms with E-state index in [1.54, 1.807) is 28.5 Å². The highest BCUT2D eigenvalue weighted by molar-refractivity contribution is 8.78. The minimum Gasteiger partial charge on any atom is -0.481 e. The van der Waals surface area contributed by atoms with Gasteiger partial charge in [0.1, 0.15) is 4.75 Å². The molecule has 0 bridgehead atoms. The molecule has 1 unspecified atom stereocenters. The molecule has 15 heavy (non-hydrogen) atoms. The van der Waals surface area contributed by atoms with E-state index in [0.29, 0.717) is 6.42 Å². The largest absolute Gasteiger partial charge is 0.481 e. The molecule has 0 aliphatic rings. The standard InChI is InChI=1S/C9H15NO2S3/c1-3-14-15-7-13-9(2,6-10)5-4-8(11)12/h3-5,7H2,1-2H3,(H,11,12). The fourth-order valence-corrected chi connectivity index (χ4v) is 4.31. The van der Waals surface area contributed by atoms with Crippen molar-refractivity contribution in [2.45, 2.75) is 31.4 Å². The summed E-state index contributed by atoms with van der Waals surface area (Å²) in [5, 5.41) is 18.4. The van der Waals surface area contributed by atoms with E-state index >= 15 is 0 Å². The number of thioether (sulfide) groups is 1. The molecule has 0 aromatic carbocycles. The second-order valence-corrected chi connectivity index (χ2v) is 7.62. The average Bonchev–Trinajstić information content (AvgIpc) is 2.22. The normalized spacial score (nSPS) is 14.2. The predicted molar refractivity (Wildman–Crippen MR) is 69.1 cm³/mol. The molecule has 3 nitrogen and oxygen atoms in total. The molecule has 0 saturated heterocycles. The smallest absolute Gasteiger partial charge is 0.303 e. The first kappa shape index (κ1) is 15.0. The SMILES string of the molecule is CCSSCSC(C)(C#N)CCC(=O)O. The highest BCUT2D eigenvalue weighted by Crippen LogP contribution is 2.35. The zero-order valence-corrected chi connectivity index (χ0v) is 11.3. The molecular formula is C9H15NO2S3. The summed E-state index contributed by atoms with van der Waals surface area (Å²) >= 11 is 1.52. The summed E-state index contributed by atoms with van der Waals surface area (Å²) in [6.45, 7) is 3.88. The van der Waals surface area contributed by atoms with Gasteiger partial charge in [-0.05, 0) is 13.3 Å². The van der Waals surface area contributed by atoms with Crippen LogP contribution in [-0.4, -0.2) is 26.7 Å². The third-order valence-electron chi connectivity index (χ3n) is 1.68. The number of aliphatic carboxylic acids is 1. The Morgan fingerprint density at radius 3 is 2.67 bits per heavy atom. The Kier molecular flexibility index (Phi) is 8.20. The van der Waals surface area contributed by atoms with Crippen molar-refractivity contribution < 1.29 is 9.90 Å². The molecule has 0 saturated carbocycles. The van der Waals surface area contributed by atoms with Crippen molar-refractivity contribution in [1.82, 2.24) is 0 Å². The number of carboxylic acid groups (broad SMARTS) is 1. The summed E-state index contributed by atoms with van der Waals surface area (Å²) in [6, 6.07) is 2.19. The van der Waals surface area contributed by atoms with Crippen LogP contribution in [0.3, 0.4) is 0 Å². The second-order valence-electron chi connectivity index (χ2n) is 3.02. The summed E-state index contributed by atoms with van der Waals surface area (Å²) in [5.74, 6) is 0.205. The fourth-order valence-electron chi connectivity index (χ4n) is 0.777. The number of hydrogen-bond donors (Lipinski definition) is 1. The maximum Gasteiger partial charge on any atom is 0.303 e. The van der Waals surface area contributed by atoms with Gasteiger partial charge >= 0.3 is 5.97 Å². The molecule has 0 radical (unpaired) electrons. The van der Waals surface area contributed by atoms with Crippen LogP contribution in [0.5, 0.6) is 0 Å². The van der Waals surface area contributed by atoms with Gasteiger partial charge in [-0.2, -0.15) is 5.26 Å². The van der Waals surface area contributed by atoms with Crippen LogP contribution in [0, 0.1) is 11.3 Å². The molecule has 0 rings (SSSR count). The van der Waals surface area contributed by atoms with E-state index in [1.165, 1.54) is 11.8 Å². The monoisotopic (exact) mass is 265 g/mol. The molecule has 86 valence electrons. The van der Waals surface area contributed by atoms with Crippen LogP contribution in [0.25, 0.3) is 0 Å². The van der Waals surface area contributed by atoms with Crippen molar-refractivity contribution in [3.8, 4) is 6.07 Å². The molecule has 0 spiro atoms. The Hall–Kier alpha value is 0.01000. The van der Waals surface area contributed by atoms with Crippen LogP contribution in [0.1, 0.15) is 26.7 Å². The molecule has 1 N–H and O–H groups in total. The van der Waals surface area contributed by atoms with Crippen molar-refractivity contribution in [3.05, 3.63) is 0 Å². The van der Waals surface area contributed by atoms with Gasteiger partial charge in [0.05, 0.1) is 11.2 Å². The van der Waals surface area contributed by atoms with E-state index in [0.717, 1.165) is 10.8 Å². The molecule has 0 amide bonds. The third kappa shape index (κ3) is 7.88. The van der Waals surface area contributed by atoms with Crippen molar-refractivity contribution in [2.24, 2.45) is 0 Å². The Balaban J connectivity index is 3.87. The van der Waals surface area contributed by atoms with Gasteiger partial charge in [-0.1, -0.05) is 28.5 Å². The van der Waals surface area contributed by atoms with Gasteiger partial charge in [0.15, 0.2) is 0 Å². The molecule has 0 aliphatic carbocycles. The van der Waals surface area contributed by atoms with E-state index in [4.69, 9.17) is 10.4 Å². The number of nitriles is 1. The molecule has 0 fully saturated rings. The van der Waals surface area contributed by atoms with Crippen molar-refractivity contribution in [3.63, 3.8) is 0 Å². The Morgan fingerprint density at radius 1 is 1.53 bits per heavy atom. The molecular weight excluding hydrogens is 250 g/mol. The van der Waals surface area contributed by atoms with E-state index in [9.17, 15) is 4.79 Å². The maximum atomic E-state index is 10.4. The molecule has 6 heteroatoms. The van der Waals surface area contributed by atoms with E-state index in [2.05, 4.69) is 13.0 Å². The first-order chi connectivity index (χ1) is 7.04. The summed E-state index contributed by atoms with van der Waals surface area (Å²) in [7, 11) is 3.46. The van der Waals surface area contributed by atoms with Crippen LogP contribution in [0.4, 0.5) is 0 Å². The average molecular weight is 265 g/mol. The minimum absolute atomic E-state index is 0.0582. The zero-order chi connectivity index (χ0) is 11.7. The number of rotatable bonds is 8. The lowest BCUT2D eigenvalue weighted by Crippen LogP contribution is -2.19. The van der Waals surface area contributed by atoms with E-state index in [1.807, 2.05) is 0 Å². The van der Waals surface area contributed by atoms with Crippen LogP contribution in [0.15, 0.2) is 0 Å². The van der Waals surface area contributed by atoms with Gasteiger partial charge in [0, 0.05) is 12.2 Å². The first-order valence-corrected chi connectivity index (χ1v) is 8.03. The summed E-state index contributed by atoms with van der Waals surface area (Å²) in [5.41, 5.74) is 0. The number of hydrogen-bond acceptors (Lipinski definition) is 5. The van der Waals surface area contributed by atoms with Gasteiger partial charge in [-0.3, -0.25) is 4.79 Å². The predicted octanol–water partition coefficient (Wildman–Crippen LogP) is 3.23. The van der Waals surface area contributed by atoms with Gasteiger partial charge in [0.25, 0.3) is 0 Å². The molecule has 1 atom stereocenters. The third-order valence-corrected chi connectivity index (χ3v) is 5.94. The second kappa shape index (κ2) is 8.20. The lowest BCUT2D eigenvalue weighted by atomic mass is 10.1. The summed E-state index contributed by atoms with van der Waals surface area (Å²) in [4.78, 5) is 10.4. The van der Waals surface area contributed by atoms with Crippen molar-refractivity contribution >= 4 is 39.3 Å². The maximum absolute atomic E-state index is 10.4. The van der Waals surface area contributed by atoms with Crippen LogP contribution in [-0.2, 0) is 4.79 Å². The zero-order valence-electron chi connectivity index (χ0n) is 8.86. The highest BCUT2D eigenvalue weighted by Gasteiger charge is 2.25. The van der Waals surface area contributed by atoms with Gasteiger partial charge < -0.3 is 5.11 Å². The minimum atomic E-state index is -0.840. The Bertz CT molecular complexity index is 242. The van der Waals surface area contributed by atoms with Crippen molar-refractivity contribution in [2.75, 3.05) is 10.8 Å². The van der Waals surface area contributed by atoms with Gasteiger partial charge in [-0.25, -0.2) is 0 Å². The Labute approximate surface area is 103 Å². The van der Waals surface area contributed by atoms with Crippen molar-refractivity contribution in [1.29, 1.82) is 5.26 Å². The quantitative estimate of drug-likeness (QED) is 0.413. The lowest BCUT2D eigenvalue weighted by molar-refractivity contribution is -0.137. The molecule has 0 heterocycles.